The van der Waals surface area contributed by atoms with Crippen LogP contribution in [0.3, 0.4) is 0 Å². The zero-order valence-corrected chi connectivity index (χ0v) is 37.5. The first kappa shape index (κ1) is 48.5. The maximum Gasteiger partial charge on any atom is 0.297 e. The molecule has 0 aliphatic rings. The lowest BCUT2D eigenvalue weighted by atomic mass is 10.1. The number of imidazole rings is 1. The first-order chi connectivity index (χ1) is 30.1. The van der Waals surface area contributed by atoms with Crippen LogP contribution in [-0.2, 0) is 29.2 Å². The van der Waals surface area contributed by atoms with Gasteiger partial charge in [-0.2, -0.15) is 10.1 Å². The van der Waals surface area contributed by atoms with Gasteiger partial charge in [0, 0.05) is 70.6 Å². The summed E-state index contributed by atoms with van der Waals surface area (Å²) in [5.74, 6) is -0.497. The third kappa shape index (κ3) is 12.3. The number of nitrogens with zero attached hydrogens (tertiary/aromatic N) is 8. The van der Waals surface area contributed by atoms with Crippen molar-refractivity contribution in [2.75, 3.05) is 46.7 Å². The number of nitrogens with one attached hydrogen (secondary N) is 2. The molecule has 0 atom stereocenters. The summed E-state index contributed by atoms with van der Waals surface area (Å²) in [7, 11) is 6.53. The highest BCUT2D eigenvalue weighted by Gasteiger charge is 2.20. The van der Waals surface area contributed by atoms with Gasteiger partial charge >= 0.3 is 0 Å². The van der Waals surface area contributed by atoms with Crippen molar-refractivity contribution < 1.29 is 33.4 Å². The average Bonchev–Trinajstić information content (AvgIpc) is 3.94. The number of rotatable bonds is 19. The van der Waals surface area contributed by atoms with Crippen molar-refractivity contribution in [3.63, 3.8) is 0 Å². The molecule has 0 saturated carbocycles. The van der Waals surface area contributed by atoms with Crippen LogP contribution in [0.1, 0.15) is 70.5 Å². The van der Waals surface area contributed by atoms with Gasteiger partial charge in [0.25, 0.3) is 5.91 Å². The normalized spacial score (nSPS) is 12.1. The van der Waals surface area contributed by atoms with E-state index in [1.165, 1.54) is 23.5 Å². The highest BCUT2D eigenvalue weighted by atomic mass is 32.1. The maximum absolute atomic E-state index is 13.5. The predicted molar refractivity (Wildman–Crippen MR) is 243 cm³/mol. The van der Waals surface area contributed by atoms with Crippen molar-refractivity contribution in [2.45, 2.75) is 60.2 Å². The lowest BCUT2D eigenvalue weighted by Gasteiger charge is -2.15. The van der Waals surface area contributed by atoms with Crippen molar-refractivity contribution in [1.82, 2.24) is 34.3 Å². The van der Waals surface area contributed by atoms with Gasteiger partial charge in [-0.25, -0.2) is 10.4 Å². The molecule has 0 radical (unpaired) electrons. The number of benzene rings is 2. The van der Waals surface area contributed by atoms with E-state index in [1.807, 2.05) is 42.1 Å². The number of primary amides is 2. The molecule has 0 fully saturated rings. The molecule has 63 heavy (non-hydrogen) atoms. The molecule has 0 spiro atoms. The number of carbonyl (C=O) groups excluding carboxylic acids is 5. The molecular formula is C42H55N13O7S. The number of hydrogen-bond donors (Lipinski definition) is 5. The molecule has 0 unspecified atom stereocenters. The molecule has 20 nitrogen and oxygen atoms in total. The molecule has 21 heteroatoms. The van der Waals surface area contributed by atoms with Crippen molar-refractivity contribution in [2.24, 2.45) is 27.2 Å². The topological polar surface area (TPSA) is 274 Å². The summed E-state index contributed by atoms with van der Waals surface area (Å²) in [6.45, 7) is 9.21. The Morgan fingerprint density at radius 2 is 1.62 bits per heavy atom. The fourth-order valence-corrected chi connectivity index (χ4v) is 7.36. The highest BCUT2D eigenvalue weighted by molar-refractivity contribution is 7.16. The molecule has 2 aromatic carbocycles. The fraction of sp³-hybridized carbons (Fsp3) is 0.357. The Labute approximate surface area is 368 Å². The van der Waals surface area contributed by atoms with Gasteiger partial charge in [0.15, 0.2) is 11.1 Å². The van der Waals surface area contributed by atoms with E-state index in [2.05, 4.69) is 30.8 Å². The molecule has 0 aliphatic carbocycles. The SMILES string of the molecule is CCN=C(C=O)/C=C(/C)N.CCn1nc(C)cc1C(=O)N=c1sc2cc(C(N)=O)cc(OC)c2n1C/C=C/Cn1c(NC)nc2cc(C(N)=O)cc(OCCCC(=O)N(C)NC)c21. The Bertz CT molecular complexity index is 2650. The number of aldehydes is 1. The Balaban J connectivity index is 0.000000775. The van der Waals surface area contributed by atoms with E-state index in [4.69, 9.17) is 26.7 Å². The van der Waals surface area contributed by atoms with Crippen LogP contribution in [-0.4, -0.2) is 106 Å². The Morgan fingerprint density at radius 3 is 2.21 bits per heavy atom. The van der Waals surface area contributed by atoms with Crippen LogP contribution in [0.5, 0.6) is 11.5 Å². The fourth-order valence-electron chi connectivity index (χ4n) is 6.27. The van der Waals surface area contributed by atoms with E-state index in [0.29, 0.717) is 98.6 Å². The standard InChI is InChI=1S/C35H43N11O6S.C7H12N2O/c1-7-46-24(15-20(2)42-46)33(50)41-35-45(30-25(51-6)17-22(32(37)49)19-27(30)53-35)13-9-8-12-44-29-23(40-34(44)38-3)16-21(31(36)48)18-26(29)52-14-10-11-28(47)43(5)39-4;1-3-9-7(5-10)4-6(2)8/h8-9,15-19,39H,7,10-14H2,1-6H3,(H2,36,48)(H2,37,49)(H,38,40);4-5H,3,8H2,1-2H3/b9-8+,41-35?;6-4-,9-7?. The molecule has 5 rings (SSSR count). The van der Waals surface area contributed by atoms with E-state index in [1.54, 1.807) is 69.2 Å². The molecule has 336 valence electrons. The van der Waals surface area contributed by atoms with Gasteiger partial charge in [0.1, 0.15) is 28.2 Å². The Hall–Kier alpha value is -7.13. The van der Waals surface area contributed by atoms with E-state index in [-0.39, 0.29) is 36.6 Å². The number of fused-ring (bicyclic) bond motifs is 2. The third-order valence-electron chi connectivity index (χ3n) is 9.26. The summed E-state index contributed by atoms with van der Waals surface area (Å²) in [5.41, 5.74) is 23.7. The number of nitrogens with two attached hydrogens (primary N) is 3. The zero-order chi connectivity index (χ0) is 46.4. The second-order valence-electron chi connectivity index (χ2n) is 13.8. The molecule has 3 aromatic heterocycles. The average molecular weight is 886 g/mol. The monoisotopic (exact) mass is 885 g/mol. The third-order valence-corrected chi connectivity index (χ3v) is 10.3. The van der Waals surface area contributed by atoms with Crippen molar-refractivity contribution >= 4 is 74.2 Å². The Morgan fingerprint density at radius 1 is 0.952 bits per heavy atom. The number of methoxy groups -OCH3 is 1. The van der Waals surface area contributed by atoms with Crippen LogP contribution in [0.25, 0.3) is 21.3 Å². The summed E-state index contributed by atoms with van der Waals surface area (Å²) in [4.78, 5) is 73.7. The van der Waals surface area contributed by atoms with Gasteiger partial charge in [0.05, 0.1) is 35.3 Å². The van der Waals surface area contributed by atoms with Crippen LogP contribution in [0, 0.1) is 6.92 Å². The van der Waals surface area contributed by atoms with Crippen LogP contribution in [0.4, 0.5) is 5.95 Å². The van der Waals surface area contributed by atoms with Crippen LogP contribution >= 0.6 is 11.3 Å². The molecule has 3 heterocycles. The van der Waals surface area contributed by atoms with Gasteiger partial charge in [0.2, 0.25) is 23.7 Å². The van der Waals surface area contributed by atoms with Crippen molar-refractivity contribution in [3.05, 3.63) is 81.6 Å². The van der Waals surface area contributed by atoms with Gasteiger partial charge in [-0.1, -0.05) is 23.5 Å². The summed E-state index contributed by atoms with van der Waals surface area (Å²) in [6.07, 6.45) is 6.76. The second kappa shape index (κ2) is 22.6. The first-order valence-corrected chi connectivity index (χ1v) is 20.7. The van der Waals surface area contributed by atoms with Gasteiger partial charge in [-0.05, 0) is 70.5 Å². The number of thiazole rings is 1. The van der Waals surface area contributed by atoms with Crippen molar-refractivity contribution in [1.29, 1.82) is 0 Å². The van der Waals surface area contributed by atoms with Crippen LogP contribution in [0.15, 0.2) is 64.2 Å². The minimum Gasteiger partial charge on any atom is -0.494 e. The number of ether oxygens (including phenoxy) is 2. The number of aliphatic imine (C=N–C) groups is 1. The number of amides is 4. The number of allylic oxidation sites excluding steroid dienone is 4. The van der Waals surface area contributed by atoms with E-state index < -0.39 is 17.7 Å². The summed E-state index contributed by atoms with van der Waals surface area (Å²) >= 11 is 1.23. The second-order valence-corrected chi connectivity index (χ2v) is 14.8. The highest BCUT2D eigenvalue weighted by Crippen LogP contribution is 2.32. The van der Waals surface area contributed by atoms with E-state index in [0.717, 1.165) is 0 Å². The molecule has 8 N–H and O–H groups in total. The number of aryl methyl sites for hydroxylation is 2. The number of hydrogen-bond acceptors (Lipinski definition) is 14. The molecular weight excluding hydrogens is 831 g/mol. The summed E-state index contributed by atoms with van der Waals surface area (Å²) < 4.78 is 17.8. The largest absolute Gasteiger partial charge is 0.494 e. The molecule has 0 aliphatic heterocycles. The number of hydrazine groups is 1. The Kier molecular flexibility index (Phi) is 17.4. The van der Waals surface area contributed by atoms with Crippen molar-refractivity contribution in [3.8, 4) is 11.5 Å². The minimum absolute atomic E-state index is 0.0926. The molecule has 0 saturated heterocycles. The predicted octanol–water partition coefficient (Wildman–Crippen LogP) is 3.08. The maximum atomic E-state index is 13.5. The first-order valence-electron chi connectivity index (χ1n) is 19.9. The molecule has 4 amide bonds. The summed E-state index contributed by atoms with van der Waals surface area (Å²) in [5, 5.41) is 8.88. The number of aromatic nitrogens is 5. The van der Waals surface area contributed by atoms with Gasteiger partial charge in [-0.15, -0.1) is 0 Å². The zero-order valence-electron chi connectivity index (χ0n) is 36.7. The quantitative estimate of drug-likeness (QED) is 0.0263. The van der Waals surface area contributed by atoms with E-state index in [9.17, 15) is 24.0 Å². The lowest BCUT2D eigenvalue weighted by Crippen LogP contribution is -2.36. The number of anilines is 1. The van der Waals surface area contributed by atoms with Crippen LogP contribution < -0.4 is 42.2 Å². The minimum atomic E-state index is -0.629. The van der Waals surface area contributed by atoms with Gasteiger partial charge in [-0.3, -0.25) is 38.7 Å². The summed E-state index contributed by atoms with van der Waals surface area (Å²) in [6, 6.07) is 8.09. The smallest absolute Gasteiger partial charge is 0.297 e. The molecule has 5 aromatic rings. The number of carbonyl (C=O) groups is 5. The molecule has 0 bridgehead atoms. The lowest BCUT2D eigenvalue weighted by molar-refractivity contribution is -0.132. The van der Waals surface area contributed by atoms with E-state index >= 15 is 0 Å². The van der Waals surface area contributed by atoms with Gasteiger partial charge < -0.3 is 41.1 Å². The van der Waals surface area contributed by atoms with Crippen LogP contribution in [0.2, 0.25) is 0 Å².